The average Bonchev–Trinajstić information content (AvgIpc) is 2.27. The van der Waals surface area contributed by atoms with E-state index in [4.69, 9.17) is 5.73 Å². The average molecular weight is 226 g/mol. The largest absolute Gasteiger partial charge is 0.397 e. The Hall–Kier alpha value is -1.83. The molecule has 0 radical (unpaired) electrons. The van der Waals surface area contributed by atoms with Crippen LogP contribution in [0.15, 0.2) is 36.5 Å². The van der Waals surface area contributed by atoms with Crippen molar-refractivity contribution in [3.63, 3.8) is 0 Å². The summed E-state index contributed by atoms with van der Waals surface area (Å²) in [6.45, 7) is 6.55. The van der Waals surface area contributed by atoms with E-state index in [1.54, 1.807) is 6.20 Å². The van der Waals surface area contributed by atoms with Crippen molar-refractivity contribution in [1.82, 2.24) is 4.98 Å². The van der Waals surface area contributed by atoms with E-state index in [-0.39, 0.29) is 5.41 Å². The van der Waals surface area contributed by atoms with Crippen LogP contribution in [0.3, 0.4) is 0 Å². The number of anilines is 1. The van der Waals surface area contributed by atoms with Crippen LogP contribution in [0, 0.1) is 5.41 Å². The third-order valence-corrected chi connectivity index (χ3v) is 2.60. The summed E-state index contributed by atoms with van der Waals surface area (Å²) in [4.78, 5) is 4.33. The Balaban J connectivity index is 2.56. The fourth-order valence-electron chi connectivity index (χ4n) is 1.70. The quantitative estimate of drug-likeness (QED) is 0.749. The molecule has 0 saturated heterocycles. The van der Waals surface area contributed by atoms with Crippen LogP contribution < -0.4 is 5.73 Å². The van der Waals surface area contributed by atoms with E-state index >= 15 is 0 Å². The Morgan fingerprint density at radius 2 is 1.94 bits per heavy atom. The molecule has 1 heterocycles. The van der Waals surface area contributed by atoms with Gasteiger partial charge >= 0.3 is 0 Å². The van der Waals surface area contributed by atoms with Crippen molar-refractivity contribution in [2.24, 2.45) is 5.41 Å². The molecule has 0 aliphatic carbocycles. The number of nitrogens with zero attached hydrogens (tertiary/aromatic N) is 1. The molecule has 0 aliphatic heterocycles. The second-order valence-corrected chi connectivity index (χ2v) is 5.34. The van der Waals surface area contributed by atoms with Gasteiger partial charge in [0.25, 0.3) is 0 Å². The van der Waals surface area contributed by atoms with Gasteiger partial charge in [0.2, 0.25) is 0 Å². The number of nitrogen functional groups attached to an aromatic ring is 1. The normalized spacial score (nSPS) is 12.4. The number of aromatic nitrogens is 1. The Morgan fingerprint density at radius 1 is 1.18 bits per heavy atom. The molecule has 1 aromatic heterocycles. The molecular formula is C15H18N2. The molecule has 0 amide bonds. The molecule has 2 aromatic rings. The maximum absolute atomic E-state index is 5.92. The van der Waals surface area contributed by atoms with Crippen LogP contribution in [0.4, 0.5) is 5.69 Å². The lowest BCUT2D eigenvalue weighted by Crippen LogP contribution is -1.98. The summed E-state index contributed by atoms with van der Waals surface area (Å²) >= 11 is 0. The van der Waals surface area contributed by atoms with Gasteiger partial charge in [-0.3, -0.25) is 4.98 Å². The predicted molar refractivity (Wildman–Crippen MR) is 74.6 cm³/mol. The van der Waals surface area contributed by atoms with Crippen LogP contribution in [0.25, 0.3) is 17.0 Å². The van der Waals surface area contributed by atoms with E-state index in [1.807, 2.05) is 18.2 Å². The maximum Gasteiger partial charge on any atom is 0.0937 e. The molecule has 0 spiro atoms. The van der Waals surface area contributed by atoms with Gasteiger partial charge in [-0.25, -0.2) is 0 Å². The SMILES string of the molecule is CC(C)(C)/C=C/c1ccc(N)c2ncccc12. The van der Waals surface area contributed by atoms with Gasteiger partial charge in [0.15, 0.2) is 0 Å². The number of benzene rings is 1. The highest BCUT2D eigenvalue weighted by Crippen LogP contribution is 2.25. The number of hydrogen-bond donors (Lipinski definition) is 1. The number of rotatable bonds is 1. The van der Waals surface area contributed by atoms with Crippen LogP contribution >= 0.6 is 0 Å². The van der Waals surface area contributed by atoms with Gasteiger partial charge in [-0.1, -0.05) is 45.1 Å². The van der Waals surface area contributed by atoms with Crippen molar-refractivity contribution in [2.75, 3.05) is 5.73 Å². The molecule has 2 heteroatoms. The van der Waals surface area contributed by atoms with E-state index < -0.39 is 0 Å². The molecule has 0 fully saturated rings. The number of nitrogens with two attached hydrogens (primary N) is 1. The van der Waals surface area contributed by atoms with Gasteiger partial charge in [-0.2, -0.15) is 0 Å². The monoisotopic (exact) mass is 226 g/mol. The first kappa shape index (κ1) is 11.6. The molecule has 17 heavy (non-hydrogen) atoms. The van der Waals surface area contributed by atoms with Crippen LogP contribution in [-0.4, -0.2) is 4.98 Å². The van der Waals surface area contributed by atoms with Crippen molar-refractivity contribution < 1.29 is 0 Å². The summed E-state index contributed by atoms with van der Waals surface area (Å²) < 4.78 is 0. The minimum atomic E-state index is 0.177. The standard InChI is InChI=1S/C15H18N2/c1-15(2,3)9-8-11-6-7-13(16)14-12(11)5-4-10-17-14/h4-10H,16H2,1-3H3/b9-8+. The van der Waals surface area contributed by atoms with Crippen molar-refractivity contribution in [1.29, 1.82) is 0 Å². The van der Waals surface area contributed by atoms with Crippen LogP contribution in [-0.2, 0) is 0 Å². The van der Waals surface area contributed by atoms with Gasteiger partial charge in [-0.15, -0.1) is 0 Å². The summed E-state index contributed by atoms with van der Waals surface area (Å²) in [5, 5.41) is 1.10. The zero-order chi connectivity index (χ0) is 12.5. The summed E-state index contributed by atoms with van der Waals surface area (Å²) in [7, 11) is 0. The molecule has 0 unspecified atom stereocenters. The fraction of sp³-hybridized carbons (Fsp3) is 0.267. The zero-order valence-electron chi connectivity index (χ0n) is 10.6. The first-order chi connectivity index (χ1) is 7.97. The topological polar surface area (TPSA) is 38.9 Å². The minimum absolute atomic E-state index is 0.177. The van der Waals surface area contributed by atoms with Crippen molar-refractivity contribution in [3.8, 4) is 0 Å². The first-order valence-corrected chi connectivity index (χ1v) is 5.80. The van der Waals surface area contributed by atoms with Gasteiger partial charge in [0, 0.05) is 11.6 Å². The third-order valence-electron chi connectivity index (χ3n) is 2.60. The highest BCUT2D eigenvalue weighted by atomic mass is 14.7. The number of hydrogen-bond acceptors (Lipinski definition) is 2. The van der Waals surface area contributed by atoms with E-state index in [0.29, 0.717) is 0 Å². The molecule has 0 atom stereocenters. The Labute approximate surface area is 102 Å². The fourth-order valence-corrected chi connectivity index (χ4v) is 1.70. The van der Waals surface area contributed by atoms with Gasteiger partial charge in [0.05, 0.1) is 11.2 Å². The molecule has 88 valence electrons. The highest BCUT2D eigenvalue weighted by Gasteiger charge is 2.06. The molecule has 0 bridgehead atoms. The van der Waals surface area contributed by atoms with E-state index in [9.17, 15) is 0 Å². The number of allylic oxidation sites excluding steroid dienone is 1. The van der Waals surface area contributed by atoms with Crippen LogP contribution in [0.1, 0.15) is 26.3 Å². The van der Waals surface area contributed by atoms with Gasteiger partial charge < -0.3 is 5.73 Å². The van der Waals surface area contributed by atoms with E-state index in [2.05, 4.69) is 44.0 Å². The molecule has 1 aromatic carbocycles. The van der Waals surface area contributed by atoms with Crippen molar-refractivity contribution in [3.05, 3.63) is 42.1 Å². The lowest BCUT2D eigenvalue weighted by Gasteiger charge is -2.12. The minimum Gasteiger partial charge on any atom is -0.397 e. The molecule has 2 rings (SSSR count). The van der Waals surface area contributed by atoms with E-state index in [1.165, 1.54) is 0 Å². The van der Waals surface area contributed by atoms with Crippen LogP contribution in [0.5, 0.6) is 0 Å². The highest BCUT2D eigenvalue weighted by molar-refractivity contribution is 5.95. The lowest BCUT2D eigenvalue weighted by atomic mass is 9.94. The number of pyridine rings is 1. The summed E-state index contributed by atoms with van der Waals surface area (Å²) in [5.41, 5.74) is 8.87. The predicted octanol–water partition coefficient (Wildman–Crippen LogP) is 3.88. The smallest absolute Gasteiger partial charge is 0.0937 e. The lowest BCUT2D eigenvalue weighted by molar-refractivity contribution is 0.547. The second-order valence-electron chi connectivity index (χ2n) is 5.34. The summed E-state index contributed by atoms with van der Waals surface area (Å²) in [6.07, 6.45) is 6.12. The zero-order valence-corrected chi connectivity index (χ0v) is 10.6. The van der Waals surface area contributed by atoms with Crippen molar-refractivity contribution >= 4 is 22.7 Å². The molecule has 2 N–H and O–H groups in total. The number of fused-ring (bicyclic) bond motifs is 1. The van der Waals surface area contributed by atoms with Crippen molar-refractivity contribution in [2.45, 2.75) is 20.8 Å². The summed E-state index contributed by atoms with van der Waals surface area (Å²) in [6, 6.07) is 7.95. The maximum atomic E-state index is 5.92. The van der Waals surface area contributed by atoms with Gasteiger partial charge in [-0.05, 0) is 23.1 Å². The molecular weight excluding hydrogens is 208 g/mol. The Morgan fingerprint density at radius 3 is 2.65 bits per heavy atom. The second kappa shape index (κ2) is 4.21. The van der Waals surface area contributed by atoms with Gasteiger partial charge in [0.1, 0.15) is 0 Å². The summed E-state index contributed by atoms with van der Waals surface area (Å²) in [5.74, 6) is 0. The van der Waals surface area contributed by atoms with E-state index in [0.717, 1.165) is 22.2 Å². The molecule has 0 saturated carbocycles. The third kappa shape index (κ3) is 2.64. The Kier molecular flexibility index (Phi) is 2.88. The Bertz CT molecular complexity index is 563. The molecule has 2 nitrogen and oxygen atoms in total. The first-order valence-electron chi connectivity index (χ1n) is 5.80. The molecule has 0 aliphatic rings. The van der Waals surface area contributed by atoms with Crippen LogP contribution in [0.2, 0.25) is 0 Å².